The van der Waals surface area contributed by atoms with Gasteiger partial charge >= 0.3 is 0 Å². The second-order valence-electron chi connectivity index (χ2n) is 3.39. The topological polar surface area (TPSA) is 9.23 Å². The van der Waals surface area contributed by atoms with Crippen LogP contribution >= 0.6 is 11.8 Å². The van der Waals surface area contributed by atoms with Gasteiger partial charge in [-0.3, -0.25) is 0 Å². The van der Waals surface area contributed by atoms with Gasteiger partial charge in [0.25, 0.3) is 0 Å². The summed E-state index contributed by atoms with van der Waals surface area (Å²) in [5, 5.41) is 0. The molecule has 0 bridgehead atoms. The molecule has 0 heterocycles. The number of methoxy groups -OCH3 is 1. The van der Waals surface area contributed by atoms with Gasteiger partial charge in [0.2, 0.25) is 0 Å². The molecule has 0 aromatic heterocycles. The molecule has 17 heavy (non-hydrogen) atoms. The molecule has 90 valence electrons. The number of ether oxygens (including phenoxy) is 1. The van der Waals surface area contributed by atoms with Crippen LogP contribution in [0.25, 0.3) is 5.57 Å². The second kappa shape index (κ2) is 7.02. The van der Waals surface area contributed by atoms with E-state index in [0.29, 0.717) is 0 Å². The molecule has 0 aliphatic heterocycles. The monoisotopic (exact) mass is 246 g/mol. The molecule has 0 aliphatic carbocycles. The number of hydrogen-bond donors (Lipinski definition) is 0. The van der Waals surface area contributed by atoms with Crippen molar-refractivity contribution in [1.29, 1.82) is 0 Å². The maximum Gasteiger partial charge on any atom is 0.140 e. The van der Waals surface area contributed by atoms with Crippen LogP contribution in [0.15, 0.2) is 54.0 Å². The molecular formula is C15H18OS. The highest BCUT2D eigenvalue weighted by Gasteiger charge is 2.09. The molecule has 0 spiro atoms. The van der Waals surface area contributed by atoms with Gasteiger partial charge in [-0.2, -0.15) is 0 Å². The molecule has 1 aromatic carbocycles. The average Bonchev–Trinajstić information content (AvgIpc) is 2.39. The fourth-order valence-electron chi connectivity index (χ4n) is 1.58. The van der Waals surface area contributed by atoms with E-state index in [-0.39, 0.29) is 0 Å². The maximum atomic E-state index is 5.50. The summed E-state index contributed by atoms with van der Waals surface area (Å²) < 4.78 is 5.50. The molecular weight excluding hydrogens is 228 g/mol. The lowest BCUT2D eigenvalue weighted by Crippen LogP contribution is -1.92. The summed E-state index contributed by atoms with van der Waals surface area (Å²) in [6.07, 6.45) is 9.93. The first-order valence-electron chi connectivity index (χ1n) is 5.45. The molecule has 0 aliphatic rings. The smallest absolute Gasteiger partial charge is 0.140 e. The molecule has 0 saturated heterocycles. The quantitative estimate of drug-likeness (QED) is 0.556. The van der Waals surface area contributed by atoms with Gasteiger partial charge in [-0.1, -0.05) is 43.0 Å². The molecule has 1 nitrogen and oxygen atoms in total. The van der Waals surface area contributed by atoms with Gasteiger partial charge in [-0.15, -0.1) is 11.8 Å². The van der Waals surface area contributed by atoms with Gasteiger partial charge in [0, 0.05) is 10.5 Å². The van der Waals surface area contributed by atoms with E-state index in [1.165, 1.54) is 0 Å². The highest BCUT2D eigenvalue weighted by molar-refractivity contribution is 7.98. The predicted molar refractivity (Wildman–Crippen MR) is 77.8 cm³/mol. The van der Waals surface area contributed by atoms with Crippen LogP contribution in [-0.2, 0) is 0 Å². The van der Waals surface area contributed by atoms with Crippen LogP contribution in [0.3, 0.4) is 0 Å². The zero-order valence-corrected chi connectivity index (χ0v) is 11.4. The Bertz CT molecular complexity index is 444. The standard InChI is InChI=1S/C15H18OS/c1-5-7-9-12(6-2)13-10-8-11-14(17-4)15(13)16-3/h5-11H,2H2,1,3-4H3/b7-5-,12-9+. The molecule has 1 aromatic rings. The van der Waals surface area contributed by atoms with Crippen molar-refractivity contribution in [1.82, 2.24) is 0 Å². The van der Waals surface area contributed by atoms with Crippen molar-refractivity contribution < 1.29 is 4.74 Å². The van der Waals surface area contributed by atoms with Crippen molar-refractivity contribution in [3.63, 3.8) is 0 Å². The summed E-state index contributed by atoms with van der Waals surface area (Å²) in [6, 6.07) is 6.15. The average molecular weight is 246 g/mol. The van der Waals surface area contributed by atoms with E-state index in [1.54, 1.807) is 18.9 Å². The normalized spacial score (nSPS) is 11.8. The lowest BCUT2D eigenvalue weighted by atomic mass is 10.0. The lowest BCUT2D eigenvalue weighted by molar-refractivity contribution is 0.403. The highest BCUT2D eigenvalue weighted by Crippen LogP contribution is 2.35. The first-order valence-corrected chi connectivity index (χ1v) is 6.67. The van der Waals surface area contributed by atoms with Gasteiger partial charge in [-0.25, -0.2) is 0 Å². The maximum absolute atomic E-state index is 5.50. The molecule has 0 unspecified atom stereocenters. The van der Waals surface area contributed by atoms with Crippen molar-refractivity contribution in [2.24, 2.45) is 0 Å². The van der Waals surface area contributed by atoms with Crippen LogP contribution in [-0.4, -0.2) is 13.4 Å². The Morgan fingerprint density at radius 1 is 1.41 bits per heavy atom. The third-order valence-corrected chi connectivity index (χ3v) is 3.16. The van der Waals surface area contributed by atoms with Crippen LogP contribution < -0.4 is 4.74 Å². The molecule has 0 fully saturated rings. The van der Waals surface area contributed by atoms with Crippen molar-refractivity contribution in [2.75, 3.05) is 13.4 Å². The van der Waals surface area contributed by atoms with Crippen molar-refractivity contribution in [3.8, 4) is 5.75 Å². The Morgan fingerprint density at radius 3 is 2.71 bits per heavy atom. The van der Waals surface area contributed by atoms with Crippen LogP contribution in [0.1, 0.15) is 12.5 Å². The van der Waals surface area contributed by atoms with E-state index in [0.717, 1.165) is 21.8 Å². The van der Waals surface area contributed by atoms with Gasteiger partial charge in [-0.05, 0) is 24.8 Å². The molecule has 0 amide bonds. The Hall–Kier alpha value is -1.41. The first kappa shape index (κ1) is 13.7. The Morgan fingerprint density at radius 2 is 2.18 bits per heavy atom. The van der Waals surface area contributed by atoms with Crippen LogP contribution in [0.2, 0.25) is 0 Å². The molecule has 0 atom stereocenters. The zero-order valence-electron chi connectivity index (χ0n) is 10.6. The van der Waals surface area contributed by atoms with Gasteiger partial charge in [0.15, 0.2) is 0 Å². The number of hydrogen-bond acceptors (Lipinski definition) is 2. The van der Waals surface area contributed by atoms with E-state index < -0.39 is 0 Å². The summed E-state index contributed by atoms with van der Waals surface area (Å²) in [5.74, 6) is 0.913. The largest absolute Gasteiger partial charge is 0.495 e. The van der Waals surface area contributed by atoms with E-state index in [4.69, 9.17) is 4.74 Å². The number of benzene rings is 1. The number of para-hydroxylation sites is 1. The third-order valence-electron chi connectivity index (χ3n) is 2.40. The molecule has 0 saturated carbocycles. The number of allylic oxidation sites excluding steroid dienone is 5. The van der Waals surface area contributed by atoms with Crippen LogP contribution in [0, 0.1) is 0 Å². The molecule has 2 heteroatoms. The fourth-order valence-corrected chi connectivity index (χ4v) is 2.18. The Kier molecular flexibility index (Phi) is 5.64. The summed E-state index contributed by atoms with van der Waals surface area (Å²) in [6.45, 7) is 5.85. The van der Waals surface area contributed by atoms with Crippen molar-refractivity contribution in [2.45, 2.75) is 11.8 Å². The Balaban J connectivity index is 3.33. The van der Waals surface area contributed by atoms with Crippen molar-refractivity contribution in [3.05, 3.63) is 54.6 Å². The van der Waals surface area contributed by atoms with Gasteiger partial charge in [0.1, 0.15) is 5.75 Å². The Labute approximate surface area is 108 Å². The summed E-state index contributed by atoms with van der Waals surface area (Å²) >= 11 is 1.68. The predicted octanol–water partition coefficient (Wildman–Crippen LogP) is 4.56. The molecule has 0 N–H and O–H groups in total. The van der Waals surface area contributed by atoms with Gasteiger partial charge in [0.05, 0.1) is 7.11 Å². The minimum atomic E-state index is 0.913. The minimum absolute atomic E-state index is 0.913. The zero-order chi connectivity index (χ0) is 12.7. The van der Waals surface area contributed by atoms with E-state index in [2.05, 4.69) is 18.7 Å². The first-order chi connectivity index (χ1) is 8.28. The van der Waals surface area contributed by atoms with E-state index in [9.17, 15) is 0 Å². The fraction of sp³-hybridized carbons (Fsp3) is 0.200. The summed E-state index contributed by atoms with van der Waals surface area (Å²) in [4.78, 5) is 1.14. The number of rotatable bonds is 5. The van der Waals surface area contributed by atoms with E-state index in [1.807, 2.05) is 43.5 Å². The third kappa shape index (κ3) is 3.27. The second-order valence-corrected chi connectivity index (χ2v) is 4.24. The van der Waals surface area contributed by atoms with Gasteiger partial charge < -0.3 is 4.74 Å². The summed E-state index contributed by atoms with van der Waals surface area (Å²) in [7, 11) is 1.70. The number of thioether (sulfide) groups is 1. The highest BCUT2D eigenvalue weighted by atomic mass is 32.2. The summed E-state index contributed by atoms with van der Waals surface area (Å²) in [5.41, 5.74) is 2.14. The molecule has 1 rings (SSSR count). The lowest BCUT2D eigenvalue weighted by Gasteiger charge is -2.12. The molecule has 0 radical (unpaired) electrons. The SMILES string of the molecule is C=C/C(=C\C=C/C)c1cccc(SC)c1OC. The van der Waals surface area contributed by atoms with Crippen LogP contribution in [0.5, 0.6) is 5.75 Å². The van der Waals surface area contributed by atoms with E-state index >= 15 is 0 Å². The minimum Gasteiger partial charge on any atom is -0.495 e. The van der Waals surface area contributed by atoms with Crippen LogP contribution in [0.4, 0.5) is 0 Å². The van der Waals surface area contributed by atoms with Crippen molar-refractivity contribution >= 4 is 17.3 Å².